The number of pyridine rings is 1. The number of hydrogen-bond acceptors (Lipinski definition) is 6. The number of methoxy groups -OCH3 is 1. The number of aromatic amines is 2. The fourth-order valence-electron chi connectivity index (χ4n) is 4.71. The molecule has 0 bridgehead atoms. The van der Waals surface area contributed by atoms with Crippen LogP contribution >= 0.6 is 0 Å². The van der Waals surface area contributed by atoms with Gasteiger partial charge in [0, 0.05) is 35.6 Å². The highest BCUT2D eigenvalue weighted by Crippen LogP contribution is 2.26. The summed E-state index contributed by atoms with van der Waals surface area (Å²) in [7, 11) is 1.54. The van der Waals surface area contributed by atoms with Crippen molar-refractivity contribution in [1.29, 1.82) is 0 Å². The van der Waals surface area contributed by atoms with Gasteiger partial charge in [-0.05, 0) is 42.2 Å². The number of H-pyrrole nitrogens is 2. The molecule has 2 heterocycles. The van der Waals surface area contributed by atoms with Crippen molar-refractivity contribution in [3.8, 4) is 5.75 Å². The van der Waals surface area contributed by atoms with Gasteiger partial charge in [0.05, 0.1) is 7.11 Å². The van der Waals surface area contributed by atoms with Gasteiger partial charge in [-0.1, -0.05) is 56.3 Å². The van der Waals surface area contributed by atoms with Crippen molar-refractivity contribution >= 4 is 34.4 Å². The predicted octanol–water partition coefficient (Wildman–Crippen LogP) is 2.62. The van der Waals surface area contributed by atoms with E-state index >= 15 is 0 Å². The van der Waals surface area contributed by atoms with E-state index in [-0.39, 0.29) is 36.6 Å². The number of ether oxygens (including phenoxy) is 1. The average Bonchev–Trinajstić information content (AvgIpc) is 3.45. The van der Waals surface area contributed by atoms with E-state index in [0.717, 1.165) is 5.56 Å². The molecule has 0 unspecified atom stereocenters. The predicted molar refractivity (Wildman–Crippen MR) is 162 cm³/mol. The Balaban J connectivity index is 1.54. The second-order valence-electron chi connectivity index (χ2n) is 10.6. The maximum Gasteiger partial charge on any atom is 0.289 e. The Morgan fingerprint density at radius 1 is 0.907 bits per heavy atom. The Labute approximate surface area is 248 Å². The summed E-state index contributed by atoms with van der Waals surface area (Å²) in [6.07, 6.45) is 1.49. The molecule has 0 saturated carbocycles. The number of ketones is 1. The number of fused-ring (bicyclic) bond motifs is 1. The van der Waals surface area contributed by atoms with Crippen molar-refractivity contribution in [3.63, 3.8) is 0 Å². The summed E-state index contributed by atoms with van der Waals surface area (Å²) in [5.41, 5.74) is 1.48. The summed E-state index contributed by atoms with van der Waals surface area (Å²) in [4.78, 5) is 71.0. The summed E-state index contributed by atoms with van der Waals surface area (Å²) in [6.45, 7) is 3.89. The zero-order chi connectivity index (χ0) is 30.9. The third kappa shape index (κ3) is 7.97. The minimum Gasteiger partial charge on any atom is -0.496 e. The molecular weight excluding hydrogens is 550 g/mol. The molecule has 0 aliphatic carbocycles. The molecule has 2 atom stereocenters. The third-order valence-electron chi connectivity index (χ3n) is 6.89. The first-order valence-electron chi connectivity index (χ1n) is 14.0. The summed E-state index contributed by atoms with van der Waals surface area (Å²) in [5.74, 6) is -2.41. The van der Waals surface area contributed by atoms with Crippen molar-refractivity contribution in [2.24, 2.45) is 5.92 Å². The van der Waals surface area contributed by atoms with Gasteiger partial charge in [-0.2, -0.15) is 0 Å². The largest absolute Gasteiger partial charge is 0.496 e. The molecule has 4 aromatic rings. The number of aromatic nitrogens is 2. The molecule has 224 valence electrons. The Hall–Kier alpha value is -5.19. The van der Waals surface area contributed by atoms with Gasteiger partial charge in [0.15, 0.2) is 0 Å². The highest BCUT2D eigenvalue weighted by Gasteiger charge is 2.31. The number of amides is 3. The van der Waals surface area contributed by atoms with Crippen LogP contribution in [-0.2, 0) is 27.3 Å². The normalized spacial score (nSPS) is 12.4. The molecule has 0 radical (unpaired) electrons. The number of Topliss-reactive ketones (excluding diaryl/α,β-unsaturated/α-hetero) is 1. The Bertz CT molecular complexity index is 1660. The van der Waals surface area contributed by atoms with Crippen LogP contribution in [0, 0.1) is 5.92 Å². The molecule has 0 spiro atoms. The van der Waals surface area contributed by atoms with E-state index in [1.807, 2.05) is 32.0 Å². The van der Waals surface area contributed by atoms with E-state index in [9.17, 15) is 24.0 Å². The lowest BCUT2D eigenvalue weighted by Gasteiger charge is -2.23. The maximum absolute atomic E-state index is 13.6. The van der Waals surface area contributed by atoms with Crippen LogP contribution in [0.5, 0.6) is 5.75 Å². The van der Waals surface area contributed by atoms with E-state index in [0.29, 0.717) is 16.7 Å². The second-order valence-corrected chi connectivity index (χ2v) is 10.6. The third-order valence-corrected chi connectivity index (χ3v) is 6.89. The van der Waals surface area contributed by atoms with Crippen LogP contribution in [0.15, 0.2) is 77.7 Å². The van der Waals surface area contributed by atoms with Crippen molar-refractivity contribution in [3.05, 3.63) is 100 Å². The molecule has 11 nitrogen and oxygen atoms in total. The fraction of sp³-hybridized carbons (Fsp3) is 0.281. The molecule has 4 rings (SSSR count). The monoisotopic (exact) mass is 585 g/mol. The van der Waals surface area contributed by atoms with Gasteiger partial charge >= 0.3 is 0 Å². The van der Waals surface area contributed by atoms with Crippen molar-refractivity contribution in [2.75, 3.05) is 7.11 Å². The molecular formula is C32H35N5O6. The van der Waals surface area contributed by atoms with E-state index < -0.39 is 41.1 Å². The first kappa shape index (κ1) is 30.8. The van der Waals surface area contributed by atoms with E-state index in [1.165, 1.54) is 19.4 Å². The molecule has 0 aliphatic rings. The van der Waals surface area contributed by atoms with Gasteiger partial charge in [-0.25, -0.2) is 0 Å². The van der Waals surface area contributed by atoms with Crippen LogP contribution < -0.4 is 26.2 Å². The standard InChI is InChI=1S/C32H35N5O6/c1-19(2)15-25(37-31(41)26-17-22-23(35-26)12-7-13-27(22)43-3)30(40)36-24(16-21-11-8-14-33-29(21)39)28(38)32(42)34-18-20-9-5-4-6-10-20/h4-14,17,19,24-25,35H,15-16,18H2,1-3H3,(H,33,39)(H,34,42)(H,36,40)(H,37,41)/t24-,25-/m0/s1. The van der Waals surface area contributed by atoms with Gasteiger partial charge < -0.3 is 30.7 Å². The average molecular weight is 586 g/mol. The van der Waals surface area contributed by atoms with Crippen LogP contribution in [0.3, 0.4) is 0 Å². The molecule has 5 N–H and O–H groups in total. The molecule has 0 saturated heterocycles. The molecule has 43 heavy (non-hydrogen) atoms. The van der Waals surface area contributed by atoms with Crippen molar-refractivity contribution in [1.82, 2.24) is 25.9 Å². The fourth-order valence-corrected chi connectivity index (χ4v) is 4.71. The van der Waals surface area contributed by atoms with Gasteiger partial charge in [-0.3, -0.25) is 24.0 Å². The van der Waals surface area contributed by atoms with Crippen LogP contribution in [0.1, 0.15) is 41.9 Å². The Morgan fingerprint density at radius 3 is 2.37 bits per heavy atom. The zero-order valence-corrected chi connectivity index (χ0v) is 24.2. The number of carbonyl (C=O) groups is 4. The first-order chi connectivity index (χ1) is 20.7. The Morgan fingerprint density at radius 2 is 1.67 bits per heavy atom. The van der Waals surface area contributed by atoms with Gasteiger partial charge in [0.1, 0.15) is 23.5 Å². The molecule has 2 aromatic heterocycles. The summed E-state index contributed by atoms with van der Waals surface area (Å²) < 4.78 is 5.37. The summed E-state index contributed by atoms with van der Waals surface area (Å²) in [5, 5.41) is 8.68. The number of benzene rings is 2. The minimum atomic E-state index is -1.35. The van der Waals surface area contributed by atoms with Gasteiger partial charge in [0.25, 0.3) is 17.4 Å². The lowest BCUT2D eigenvalue weighted by molar-refractivity contribution is -0.140. The highest BCUT2D eigenvalue weighted by atomic mass is 16.5. The van der Waals surface area contributed by atoms with Crippen LogP contribution in [0.2, 0.25) is 0 Å². The lowest BCUT2D eigenvalue weighted by atomic mass is 9.99. The lowest BCUT2D eigenvalue weighted by Crippen LogP contribution is -2.55. The quantitative estimate of drug-likeness (QED) is 0.152. The smallest absolute Gasteiger partial charge is 0.289 e. The highest BCUT2D eigenvalue weighted by molar-refractivity contribution is 6.38. The first-order valence-corrected chi connectivity index (χ1v) is 14.0. The molecule has 2 aromatic carbocycles. The number of carbonyl (C=O) groups excluding carboxylic acids is 4. The number of rotatable bonds is 13. The SMILES string of the molecule is COc1cccc2[nH]c(C(=O)N[C@@H](CC(C)C)C(=O)N[C@@H](Cc3ccc[nH]c3=O)C(=O)C(=O)NCc3ccccc3)cc12. The number of hydrogen-bond donors (Lipinski definition) is 5. The molecule has 11 heteroatoms. The molecule has 0 aliphatic heterocycles. The zero-order valence-electron chi connectivity index (χ0n) is 24.2. The van der Waals surface area contributed by atoms with E-state index in [1.54, 1.807) is 42.5 Å². The van der Waals surface area contributed by atoms with E-state index in [4.69, 9.17) is 4.74 Å². The van der Waals surface area contributed by atoms with Gasteiger partial charge in [0.2, 0.25) is 11.7 Å². The van der Waals surface area contributed by atoms with Gasteiger partial charge in [-0.15, -0.1) is 0 Å². The van der Waals surface area contributed by atoms with Crippen molar-refractivity contribution in [2.45, 2.75) is 45.3 Å². The molecule has 0 fully saturated rings. The van der Waals surface area contributed by atoms with Crippen molar-refractivity contribution < 1.29 is 23.9 Å². The Kier molecular flexibility index (Phi) is 10.1. The second kappa shape index (κ2) is 14.1. The topological polar surface area (TPSA) is 162 Å². The van der Waals surface area contributed by atoms with Crippen LogP contribution in [0.25, 0.3) is 10.9 Å². The summed E-state index contributed by atoms with van der Waals surface area (Å²) >= 11 is 0. The summed E-state index contributed by atoms with van der Waals surface area (Å²) in [6, 6.07) is 16.8. The van der Waals surface area contributed by atoms with Crippen LogP contribution in [0.4, 0.5) is 0 Å². The number of nitrogens with one attached hydrogen (secondary N) is 5. The van der Waals surface area contributed by atoms with Crippen LogP contribution in [-0.4, -0.2) is 52.7 Å². The van der Waals surface area contributed by atoms with E-state index in [2.05, 4.69) is 25.9 Å². The maximum atomic E-state index is 13.6. The molecule has 3 amide bonds. The minimum absolute atomic E-state index is 0.000788.